The Morgan fingerprint density at radius 1 is 1.40 bits per heavy atom. The van der Waals surface area contributed by atoms with Crippen molar-refractivity contribution in [3.63, 3.8) is 0 Å². The number of anilines is 1. The number of hydrogen-bond acceptors (Lipinski definition) is 3. The molecular formula is C15H20N4O. The van der Waals surface area contributed by atoms with E-state index in [0.717, 1.165) is 35.5 Å². The van der Waals surface area contributed by atoms with Gasteiger partial charge >= 0.3 is 0 Å². The summed E-state index contributed by atoms with van der Waals surface area (Å²) in [5.74, 6) is 0.985. The Bertz CT molecular complexity index is 645. The molecule has 0 bridgehead atoms. The van der Waals surface area contributed by atoms with E-state index in [4.69, 9.17) is 10.7 Å². The zero-order valence-electron chi connectivity index (χ0n) is 11.7. The second-order valence-corrected chi connectivity index (χ2v) is 5.47. The maximum absolute atomic E-state index is 11.6. The Labute approximate surface area is 118 Å². The first-order valence-corrected chi connectivity index (χ1v) is 7.21. The Kier molecular flexibility index (Phi) is 3.44. The van der Waals surface area contributed by atoms with Crippen molar-refractivity contribution in [1.82, 2.24) is 9.55 Å². The second kappa shape index (κ2) is 5.25. The fourth-order valence-corrected chi connectivity index (χ4v) is 2.68. The maximum atomic E-state index is 11.6. The first-order chi connectivity index (χ1) is 9.65. The molecule has 3 N–H and O–H groups in total. The Morgan fingerprint density at radius 2 is 2.25 bits per heavy atom. The van der Waals surface area contributed by atoms with Gasteiger partial charge in [0.05, 0.1) is 17.1 Å². The molecule has 1 atom stereocenters. The lowest BCUT2D eigenvalue weighted by Gasteiger charge is -2.08. The zero-order chi connectivity index (χ0) is 14.1. The monoisotopic (exact) mass is 272 g/mol. The largest absolute Gasteiger partial charge is 0.328 e. The smallest absolute Gasteiger partial charge is 0.240 e. The number of nitrogens with two attached hydrogens (primary N) is 1. The summed E-state index contributed by atoms with van der Waals surface area (Å²) < 4.78 is 2.31. The molecule has 1 aliphatic heterocycles. The highest BCUT2D eigenvalue weighted by Crippen LogP contribution is 2.24. The fourth-order valence-electron chi connectivity index (χ4n) is 2.68. The third-order valence-electron chi connectivity index (χ3n) is 3.79. The van der Waals surface area contributed by atoms with Gasteiger partial charge in [-0.15, -0.1) is 0 Å². The van der Waals surface area contributed by atoms with Crippen LogP contribution in [-0.2, 0) is 17.8 Å². The second-order valence-electron chi connectivity index (χ2n) is 5.47. The minimum Gasteiger partial charge on any atom is -0.328 e. The number of aromatic nitrogens is 2. The van der Waals surface area contributed by atoms with Gasteiger partial charge in [-0.2, -0.15) is 0 Å². The minimum absolute atomic E-state index is 0.176. The molecule has 1 unspecified atom stereocenters. The summed E-state index contributed by atoms with van der Waals surface area (Å²) in [7, 11) is 0. The third kappa shape index (κ3) is 2.41. The van der Waals surface area contributed by atoms with Gasteiger partial charge in [0.15, 0.2) is 0 Å². The summed E-state index contributed by atoms with van der Waals surface area (Å²) in [5.41, 5.74) is 8.42. The molecule has 0 aliphatic carbocycles. The summed E-state index contributed by atoms with van der Waals surface area (Å²) in [6.07, 6.45) is 4.73. The highest BCUT2D eigenvalue weighted by Gasteiger charge is 2.14. The van der Waals surface area contributed by atoms with Crippen molar-refractivity contribution in [2.75, 3.05) is 5.32 Å². The van der Waals surface area contributed by atoms with Gasteiger partial charge in [0.25, 0.3) is 0 Å². The Hall–Kier alpha value is -1.88. The summed E-state index contributed by atoms with van der Waals surface area (Å²) >= 11 is 0. The van der Waals surface area contributed by atoms with E-state index in [2.05, 4.69) is 9.88 Å². The van der Waals surface area contributed by atoms with E-state index in [9.17, 15) is 4.79 Å². The number of amides is 1. The molecule has 3 rings (SSSR count). The standard InChI is InChI=1S/C15H20N4O/c1-10(16)15(20)17-11-6-7-13-12(9-11)18-14-5-3-2-4-8-19(13)14/h6-7,9-10H,2-5,8,16H2,1H3,(H,17,20). The predicted octanol–water partition coefficient (Wildman–Crippen LogP) is 2.05. The van der Waals surface area contributed by atoms with Crippen LogP contribution >= 0.6 is 0 Å². The number of imidazole rings is 1. The quantitative estimate of drug-likeness (QED) is 0.878. The van der Waals surface area contributed by atoms with Crippen molar-refractivity contribution in [3.8, 4) is 0 Å². The van der Waals surface area contributed by atoms with Crippen LogP contribution in [0.15, 0.2) is 18.2 Å². The molecule has 0 saturated carbocycles. The van der Waals surface area contributed by atoms with Crippen LogP contribution in [0.3, 0.4) is 0 Å². The molecule has 1 aliphatic rings. The molecule has 5 heteroatoms. The summed E-state index contributed by atoms with van der Waals surface area (Å²) in [6, 6.07) is 5.37. The number of hydrogen-bond donors (Lipinski definition) is 2. The summed E-state index contributed by atoms with van der Waals surface area (Å²) in [4.78, 5) is 16.3. The van der Waals surface area contributed by atoms with Crippen LogP contribution in [0.4, 0.5) is 5.69 Å². The number of aryl methyl sites for hydroxylation is 2. The van der Waals surface area contributed by atoms with Crippen molar-refractivity contribution in [3.05, 3.63) is 24.0 Å². The van der Waals surface area contributed by atoms with E-state index in [1.165, 1.54) is 19.3 Å². The van der Waals surface area contributed by atoms with Crippen molar-refractivity contribution in [2.45, 2.75) is 45.2 Å². The molecule has 0 spiro atoms. The molecule has 20 heavy (non-hydrogen) atoms. The lowest BCUT2D eigenvalue weighted by molar-refractivity contribution is -0.117. The lowest BCUT2D eigenvalue weighted by Crippen LogP contribution is -2.32. The average molecular weight is 272 g/mol. The topological polar surface area (TPSA) is 72.9 Å². The van der Waals surface area contributed by atoms with Gasteiger partial charge in [0, 0.05) is 18.7 Å². The van der Waals surface area contributed by atoms with Gasteiger partial charge in [-0.05, 0) is 38.0 Å². The fraction of sp³-hybridized carbons (Fsp3) is 0.467. The number of nitrogens with zero attached hydrogens (tertiary/aromatic N) is 2. The summed E-state index contributed by atoms with van der Waals surface area (Å²) in [6.45, 7) is 2.71. The van der Waals surface area contributed by atoms with Crippen LogP contribution < -0.4 is 11.1 Å². The molecule has 0 fully saturated rings. The number of fused-ring (bicyclic) bond motifs is 3. The molecule has 2 heterocycles. The normalized spacial score (nSPS) is 16.5. The maximum Gasteiger partial charge on any atom is 0.240 e. The highest BCUT2D eigenvalue weighted by atomic mass is 16.2. The van der Waals surface area contributed by atoms with Crippen molar-refractivity contribution in [1.29, 1.82) is 0 Å². The first-order valence-electron chi connectivity index (χ1n) is 7.21. The van der Waals surface area contributed by atoms with Crippen LogP contribution in [0, 0.1) is 0 Å². The van der Waals surface area contributed by atoms with E-state index < -0.39 is 6.04 Å². The number of carbonyl (C=O) groups excluding carboxylic acids is 1. The molecule has 5 nitrogen and oxygen atoms in total. The van der Waals surface area contributed by atoms with Gasteiger partial charge in [0.2, 0.25) is 5.91 Å². The Morgan fingerprint density at radius 3 is 3.05 bits per heavy atom. The molecule has 1 amide bonds. The zero-order valence-corrected chi connectivity index (χ0v) is 11.7. The van der Waals surface area contributed by atoms with Crippen LogP contribution in [0.1, 0.15) is 32.0 Å². The number of carbonyl (C=O) groups is 1. The SMILES string of the molecule is CC(N)C(=O)Nc1ccc2c(c1)nc1n2CCCCC1. The highest BCUT2D eigenvalue weighted by molar-refractivity contribution is 5.96. The average Bonchev–Trinajstić information content (AvgIpc) is 2.60. The molecule has 1 aromatic carbocycles. The van der Waals surface area contributed by atoms with Gasteiger partial charge in [-0.1, -0.05) is 6.42 Å². The van der Waals surface area contributed by atoms with Crippen LogP contribution in [0.2, 0.25) is 0 Å². The molecule has 1 aromatic heterocycles. The predicted molar refractivity (Wildman–Crippen MR) is 79.6 cm³/mol. The van der Waals surface area contributed by atoms with E-state index in [-0.39, 0.29) is 5.91 Å². The lowest BCUT2D eigenvalue weighted by atomic mass is 10.2. The van der Waals surface area contributed by atoms with E-state index in [0.29, 0.717) is 0 Å². The molecule has 2 aromatic rings. The van der Waals surface area contributed by atoms with Crippen LogP contribution in [-0.4, -0.2) is 21.5 Å². The van der Waals surface area contributed by atoms with E-state index in [1.54, 1.807) is 6.92 Å². The van der Waals surface area contributed by atoms with Crippen LogP contribution in [0.5, 0.6) is 0 Å². The van der Waals surface area contributed by atoms with Crippen LogP contribution in [0.25, 0.3) is 11.0 Å². The van der Waals surface area contributed by atoms with Gasteiger partial charge < -0.3 is 15.6 Å². The molecule has 106 valence electrons. The molecule has 0 saturated heterocycles. The van der Waals surface area contributed by atoms with E-state index in [1.807, 2.05) is 18.2 Å². The first kappa shape index (κ1) is 13.1. The summed E-state index contributed by atoms with van der Waals surface area (Å²) in [5, 5.41) is 2.81. The van der Waals surface area contributed by atoms with Gasteiger partial charge in [-0.3, -0.25) is 4.79 Å². The van der Waals surface area contributed by atoms with Crippen molar-refractivity contribution >= 4 is 22.6 Å². The van der Waals surface area contributed by atoms with Gasteiger partial charge in [0.1, 0.15) is 5.82 Å². The molecule has 0 radical (unpaired) electrons. The van der Waals surface area contributed by atoms with Gasteiger partial charge in [-0.25, -0.2) is 4.98 Å². The number of benzene rings is 1. The van der Waals surface area contributed by atoms with E-state index >= 15 is 0 Å². The third-order valence-corrected chi connectivity index (χ3v) is 3.79. The number of rotatable bonds is 2. The molecular weight excluding hydrogens is 252 g/mol. The Balaban J connectivity index is 1.94. The van der Waals surface area contributed by atoms with Crippen molar-refractivity contribution in [2.24, 2.45) is 5.73 Å². The number of nitrogens with one attached hydrogen (secondary N) is 1. The van der Waals surface area contributed by atoms with Crippen molar-refractivity contribution < 1.29 is 4.79 Å². The minimum atomic E-state index is -0.510.